The van der Waals surface area contributed by atoms with Crippen LogP contribution in [0, 0.1) is 0 Å². The van der Waals surface area contributed by atoms with E-state index >= 15 is 0 Å². The third-order valence-corrected chi connectivity index (χ3v) is 1.61. The van der Waals surface area contributed by atoms with Crippen LogP contribution in [0.25, 0.3) is 10.4 Å². The Kier molecular flexibility index (Phi) is 9.79. The van der Waals surface area contributed by atoms with Crippen molar-refractivity contribution >= 4 is 0 Å². The molecule has 0 aliphatic rings. The largest absolute Gasteiger partial charge is 0.0899 e. The van der Waals surface area contributed by atoms with Gasteiger partial charge in [-0.25, -0.2) is 0 Å². The summed E-state index contributed by atoms with van der Waals surface area (Å²) >= 11 is 0. The van der Waals surface area contributed by atoms with Crippen LogP contribution in [0.1, 0.15) is 32.6 Å². The van der Waals surface area contributed by atoms with Crippen molar-refractivity contribution in [3.05, 3.63) is 34.7 Å². The SMILES string of the molecule is CCCCCC=CC=CCN=[N+]=[N-]. The zero-order valence-corrected chi connectivity index (χ0v) is 8.19. The van der Waals surface area contributed by atoms with Gasteiger partial charge in [-0.15, -0.1) is 0 Å². The van der Waals surface area contributed by atoms with Gasteiger partial charge in [-0.2, -0.15) is 0 Å². The molecule has 0 N–H and O–H groups in total. The maximum absolute atomic E-state index is 7.97. The summed E-state index contributed by atoms with van der Waals surface area (Å²) in [5, 5.41) is 3.38. The maximum atomic E-state index is 7.97. The quantitative estimate of drug-likeness (QED) is 0.186. The van der Waals surface area contributed by atoms with Gasteiger partial charge in [0.1, 0.15) is 0 Å². The standard InChI is InChI=1S/C10H17N3/c1-2-3-4-5-6-7-8-9-10-12-13-11/h6-9H,2-5,10H2,1H3. The fraction of sp³-hybridized carbons (Fsp3) is 0.600. The Hall–Kier alpha value is -1.21. The molecule has 0 aliphatic heterocycles. The van der Waals surface area contributed by atoms with Crippen molar-refractivity contribution in [2.45, 2.75) is 32.6 Å². The molecule has 0 fully saturated rings. The Bertz CT molecular complexity index is 200. The molecule has 0 aromatic rings. The van der Waals surface area contributed by atoms with Gasteiger partial charge in [-0.05, 0) is 18.4 Å². The van der Waals surface area contributed by atoms with Gasteiger partial charge < -0.3 is 0 Å². The van der Waals surface area contributed by atoms with Crippen molar-refractivity contribution in [1.82, 2.24) is 0 Å². The van der Waals surface area contributed by atoms with E-state index in [1.165, 1.54) is 19.3 Å². The van der Waals surface area contributed by atoms with Crippen LogP contribution >= 0.6 is 0 Å². The van der Waals surface area contributed by atoms with E-state index < -0.39 is 0 Å². The average molecular weight is 179 g/mol. The Balaban J connectivity index is 3.29. The second-order valence-corrected chi connectivity index (χ2v) is 2.77. The summed E-state index contributed by atoms with van der Waals surface area (Å²) in [5.74, 6) is 0. The van der Waals surface area contributed by atoms with E-state index in [2.05, 4.69) is 23.0 Å². The molecule has 13 heavy (non-hydrogen) atoms. The summed E-state index contributed by atoms with van der Waals surface area (Å²) < 4.78 is 0. The number of azide groups is 1. The summed E-state index contributed by atoms with van der Waals surface area (Å²) in [6, 6.07) is 0. The van der Waals surface area contributed by atoms with Crippen LogP contribution in [-0.4, -0.2) is 6.54 Å². The van der Waals surface area contributed by atoms with Gasteiger partial charge in [0, 0.05) is 11.5 Å². The fourth-order valence-corrected chi connectivity index (χ4v) is 0.910. The van der Waals surface area contributed by atoms with Crippen LogP contribution in [0.5, 0.6) is 0 Å². The molecule has 0 radical (unpaired) electrons. The number of nitrogens with zero attached hydrogens (tertiary/aromatic N) is 3. The average Bonchev–Trinajstić information content (AvgIpc) is 2.16. The van der Waals surface area contributed by atoms with E-state index in [0.717, 1.165) is 6.42 Å². The molecule has 0 bridgehead atoms. The molecule has 0 saturated heterocycles. The number of hydrogen-bond acceptors (Lipinski definition) is 1. The van der Waals surface area contributed by atoms with Gasteiger partial charge in [-0.1, -0.05) is 49.2 Å². The highest BCUT2D eigenvalue weighted by Crippen LogP contribution is 1.99. The number of unbranched alkanes of at least 4 members (excludes halogenated alkanes) is 3. The minimum atomic E-state index is 0.440. The van der Waals surface area contributed by atoms with E-state index in [4.69, 9.17) is 5.53 Å². The molecule has 0 amide bonds. The van der Waals surface area contributed by atoms with Crippen LogP contribution < -0.4 is 0 Å². The molecule has 0 aromatic carbocycles. The topological polar surface area (TPSA) is 48.8 Å². The summed E-state index contributed by atoms with van der Waals surface area (Å²) in [6.45, 7) is 2.64. The second kappa shape index (κ2) is 10.8. The lowest BCUT2D eigenvalue weighted by atomic mass is 10.2. The third-order valence-electron chi connectivity index (χ3n) is 1.61. The summed E-state index contributed by atoms with van der Waals surface area (Å²) in [7, 11) is 0. The van der Waals surface area contributed by atoms with Gasteiger partial charge in [0.15, 0.2) is 0 Å². The van der Waals surface area contributed by atoms with E-state index in [1.807, 2.05) is 18.2 Å². The smallest absolute Gasteiger partial charge is 0.0443 e. The van der Waals surface area contributed by atoms with Gasteiger partial charge in [-0.3, -0.25) is 0 Å². The van der Waals surface area contributed by atoms with E-state index in [1.54, 1.807) is 0 Å². The molecule has 72 valence electrons. The van der Waals surface area contributed by atoms with Crippen LogP contribution in [0.15, 0.2) is 29.4 Å². The maximum Gasteiger partial charge on any atom is 0.0443 e. The van der Waals surface area contributed by atoms with Crippen LogP contribution in [-0.2, 0) is 0 Å². The van der Waals surface area contributed by atoms with E-state index in [0.29, 0.717) is 6.54 Å². The van der Waals surface area contributed by atoms with Crippen molar-refractivity contribution in [3.63, 3.8) is 0 Å². The fourth-order valence-electron chi connectivity index (χ4n) is 0.910. The molecule has 0 heterocycles. The molecule has 0 rings (SSSR count). The Morgan fingerprint density at radius 3 is 2.69 bits per heavy atom. The first-order valence-corrected chi connectivity index (χ1v) is 4.74. The molecule has 3 heteroatoms. The predicted molar refractivity (Wildman–Crippen MR) is 56.4 cm³/mol. The van der Waals surface area contributed by atoms with Crippen molar-refractivity contribution in [2.75, 3.05) is 6.54 Å². The van der Waals surface area contributed by atoms with E-state index in [-0.39, 0.29) is 0 Å². The minimum Gasteiger partial charge on any atom is -0.0899 e. The highest BCUT2D eigenvalue weighted by molar-refractivity contribution is 5.02. The van der Waals surface area contributed by atoms with Crippen molar-refractivity contribution in [3.8, 4) is 0 Å². The van der Waals surface area contributed by atoms with Crippen molar-refractivity contribution in [1.29, 1.82) is 0 Å². The summed E-state index contributed by atoms with van der Waals surface area (Å²) in [6.07, 6.45) is 12.9. The molecule has 0 aliphatic carbocycles. The third kappa shape index (κ3) is 10.8. The Morgan fingerprint density at radius 1 is 1.23 bits per heavy atom. The number of rotatable bonds is 7. The summed E-state index contributed by atoms with van der Waals surface area (Å²) in [4.78, 5) is 2.64. The molecule has 3 nitrogen and oxygen atoms in total. The van der Waals surface area contributed by atoms with Crippen LogP contribution in [0.4, 0.5) is 0 Å². The first-order valence-electron chi connectivity index (χ1n) is 4.74. The monoisotopic (exact) mass is 179 g/mol. The lowest BCUT2D eigenvalue weighted by molar-refractivity contribution is 0.729. The van der Waals surface area contributed by atoms with Crippen LogP contribution in [0.3, 0.4) is 0 Å². The normalized spacial score (nSPS) is 10.8. The first kappa shape index (κ1) is 11.8. The van der Waals surface area contributed by atoms with Crippen molar-refractivity contribution in [2.24, 2.45) is 5.11 Å². The van der Waals surface area contributed by atoms with Gasteiger partial charge in [0.05, 0.1) is 0 Å². The highest BCUT2D eigenvalue weighted by atomic mass is 15.1. The van der Waals surface area contributed by atoms with Crippen molar-refractivity contribution < 1.29 is 0 Å². The molecule has 0 spiro atoms. The Labute approximate surface area is 79.8 Å². The first-order chi connectivity index (χ1) is 6.41. The second-order valence-electron chi connectivity index (χ2n) is 2.77. The molecule has 0 saturated carbocycles. The Morgan fingerprint density at radius 2 is 2.00 bits per heavy atom. The van der Waals surface area contributed by atoms with Gasteiger partial charge >= 0.3 is 0 Å². The number of hydrogen-bond donors (Lipinski definition) is 0. The zero-order valence-electron chi connectivity index (χ0n) is 8.19. The lowest BCUT2D eigenvalue weighted by Crippen LogP contribution is -1.70. The minimum absolute atomic E-state index is 0.440. The molecular weight excluding hydrogens is 162 g/mol. The zero-order chi connectivity index (χ0) is 9.78. The van der Waals surface area contributed by atoms with Gasteiger partial charge in [0.25, 0.3) is 0 Å². The van der Waals surface area contributed by atoms with E-state index in [9.17, 15) is 0 Å². The van der Waals surface area contributed by atoms with Crippen LogP contribution in [0.2, 0.25) is 0 Å². The molecular formula is C10H17N3. The molecule has 0 aromatic heterocycles. The summed E-state index contributed by atoms with van der Waals surface area (Å²) in [5.41, 5.74) is 7.97. The lowest BCUT2D eigenvalue weighted by Gasteiger charge is -1.89. The predicted octanol–water partition coefficient (Wildman–Crippen LogP) is 3.99. The highest BCUT2D eigenvalue weighted by Gasteiger charge is 1.79. The molecule has 0 unspecified atom stereocenters. The number of allylic oxidation sites excluding steroid dienone is 3. The molecule has 0 atom stereocenters. The van der Waals surface area contributed by atoms with Gasteiger partial charge in [0.2, 0.25) is 0 Å².